The second-order valence-electron chi connectivity index (χ2n) is 6.54. The molecule has 2 amide bonds. The topological polar surface area (TPSA) is 119 Å². The standard InChI is InChI=1S/C18H17BrCl3N3O7/c1-11(7-19)14(16(27)32-10-18(20,21)22)23-8-13(15(23)26)24(25(29)30)17(28)31-9-12-5-3-2-4-6-12/h2-6,13H,7-10H2,1H3. The fourth-order valence-corrected chi connectivity index (χ4v) is 3.11. The smallest absolute Gasteiger partial charge is 0.456 e. The molecule has 1 heterocycles. The van der Waals surface area contributed by atoms with Gasteiger partial charge in [-0.1, -0.05) is 81.1 Å². The van der Waals surface area contributed by atoms with Crippen molar-refractivity contribution in [2.45, 2.75) is 23.4 Å². The van der Waals surface area contributed by atoms with Gasteiger partial charge < -0.3 is 14.4 Å². The number of allylic oxidation sites excluding steroid dienone is 1. The summed E-state index contributed by atoms with van der Waals surface area (Å²) < 4.78 is 8.03. The first-order valence-corrected chi connectivity index (χ1v) is 11.2. The third-order valence-electron chi connectivity index (χ3n) is 4.20. The first kappa shape index (κ1) is 26.2. The number of ether oxygens (including phenoxy) is 2. The molecule has 1 unspecified atom stereocenters. The van der Waals surface area contributed by atoms with Crippen molar-refractivity contribution in [1.29, 1.82) is 0 Å². The normalized spacial score (nSPS) is 16.6. The van der Waals surface area contributed by atoms with E-state index in [4.69, 9.17) is 44.3 Å². The van der Waals surface area contributed by atoms with Gasteiger partial charge in [-0.2, -0.15) is 0 Å². The average molecular weight is 574 g/mol. The van der Waals surface area contributed by atoms with E-state index < -0.39 is 39.4 Å². The first-order chi connectivity index (χ1) is 15.0. The molecule has 0 aromatic heterocycles. The minimum Gasteiger partial charge on any atom is -0.456 e. The number of amides is 2. The van der Waals surface area contributed by atoms with E-state index in [1.165, 1.54) is 0 Å². The van der Waals surface area contributed by atoms with Gasteiger partial charge in [-0.05, 0) is 23.1 Å². The second-order valence-corrected chi connectivity index (χ2v) is 9.62. The minimum absolute atomic E-state index is 0.0928. The largest absolute Gasteiger partial charge is 0.469 e. The summed E-state index contributed by atoms with van der Waals surface area (Å²) in [6, 6.07) is 7.06. The molecule has 32 heavy (non-hydrogen) atoms. The molecule has 1 aromatic carbocycles. The summed E-state index contributed by atoms with van der Waals surface area (Å²) in [4.78, 5) is 49.9. The van der Waals surface area contributed by atoms with E-state index in [1.807, 2.05) is 0 Å². The number of hydrazine groups is 1. The zero-order valence-electron chi connectivity index (χ0n) is 16.5. The fourth-order valence-electron chi connectivity index (χ4n) is 2.68. The highest BCUT2D eigenvalue weighted by molar-refractivity contribution is 9.09. The Morgan fingerprint density at radius 3 is 2.41 bits per heavy atom. The monoisotopic (exact) mass is 571 g/mol. The van der Waals surface area contributed by atoms with Gasteiger partial charge in [0.2, 0.25) is 3.79 Å². The summed E-state index contributed by atoms with van der Waals surface area (Å²) in [6.45, 7) is 0.420. The number of β-lactam (4-membered cyclic amide) rings is 1. The maximum Gasteiger partial charge on any atom is 0.469 e. The van der Waals surface area contributed by atoms with E-state index in [9.17, 15) is 24.5 Å². The third kappa shape index (κ3) is 6.71. The van der Waals surface area contributed by atoms with Crippen molar-refractivity contribution in [2.75, 3.05) is 18.5 Å². The number of carbonyl (C=O) groups is 3. The highest BCUT2D eigenvalue weighted by Gasteiger charge is 2.53. The Morgan fingerprint density at radius 2 is 1.91 bits per heavy atom. The predicted molar refractivity (Wildman–Crippen MR) is 119 cm³/mol. The lowest BCUT2D eigenvalue weighted by atomic mass is 10.0. The van der Waals surface area contributed by atoms with Crippen LogP contribution in [0.3, 0.4) is 0 Å². The molecule has 1 aliphatic rings. The van der Waals surface area contributed by atoms with Crippen LogP contribution in [0.5, 0.6) is 0 Å². The Morgan fingerprint density at radius 1 is 1.28 bits per heavy atom. The van der Waals surface area contributed by atoms with Gasteiger partial charge in [0.05, 0.1) is 6.54 Å². The number of hydrogen-bond donors (Lipinski definition) is 0. The summed E-state index contributed by atoms with van der Waals surface area (Å²) in [5.41, 5.74) is 0.837. The maximum absolute atomic E-state index is 12.7. The molecule has 1 saturated heterocycles. The van der Waals surface area contributed by atoms with Crippen LogP contribution in [0.25, 0.3) is 0 Å². The molecule has 1 aromatic rings. The first-order valence-electron chi connectivity index (χ1n) is 8.91. The van der Waals surface area contributed by atoms with Gasteiger partial charge in [-0.15, -0.1) is 0 Å². The summed E-state index contributed by atoms with van der Waals surface area (Å²) in [5.74, 6) is -1.82. The molecule has 0 saturated carbocycles. The molecular weight excluding hydrogens is 556 g/mol. The van der Waals surface area contributed by atoms with Gasteiger partial charge in [0.15, 0.2) is 11.1 Å². The second kappa shape index (κ2) is 11.2. The molecule has 10 nitrogen and oxygen atoms in total. The number of esters is 1. The van der Waals surface area contributed by atoms with Crippen molar-refractivity contribution in [1.82, 2.24) is 9.91 Å². The molecule has 2 rings (SSSR count). The Bertz CT molecular complexity index is 924. The molecule has 1 atom stereocenters. The summed E-state index contributed by atoms with van der Waals surface area (Å²) in [5, 5.41) is 10.7. The third-order valence-corrected chi connectivity index (χ3v) is 5.37. The number of nitrogens with zero attached hydrogens (tertiary/aromatic N) is 3. The van der Waals surface area contributed by atoms with Crippen molar-refractivity contribution in [2.24, 2.45) is 0 Å². The van der Waals surface area contributed by atoms with Gasteiger partial charge >= 0.3 is 12.1 Å². The zero-order chi connectivity index (χ0) is 24.1. The van der Waals surface area contributed by atoms with Crippen LogP contribution in [0, 0.1) is 10.1 Å². The summed E-state index contributed by atoms with van der Waals surface area (Å²) in [7, 11) is 0. The van der Waals surface area contributed by atoms with Crippen LogP contribution in [0.1, 0.15) is 12.5 Å². The molecule has 0 bridgehead atoms. The zero-order valence-corrected chi connectivity index (χ0v) is 20.4. The number of rotatable bonds is 8. The molecule has 0 radical (unpaired) electrons. The number of halogens is 4. The highest BCUT2D eigenvalue weighted by atomic mass is 79.9. The Kier molecular flexibility index (Phi) is 9.14. The van der Waals surface area contributed by atoms with Crippen LogP contribution in [0.15, 0.2) is 41.6 Å². The number of hydrogen-bond acceptors (Lipinski definition) is 7. The number of nitro groups is 1. The number of carbonyl (C=O) groups excluding carboxylic acids is 3. The molecule has 0 N–H and O–H groups in total. The minimum atomic E-state index is -1.87. The molecule has 1 aliphatic heterocycles. The molecule has 0 spiro atoms. The van der Waals surface area contributed by atoms with Crippen molar-refractivity contribution in [3.05, 3.63) is 57.3 Å². The number of benzene rings is 1. The fraction of sp³-hybridized carbons (Fsp3) is 0.389. The van der Waals surface area contributed by atoms with E-state index in [2.05, 4.69) is 15.9 Å². The lowest BCUT2D eigenvalue weighted by Crippen LogP contribution is -2.66. The summed E-state index contributed by atoms with van der Waals surface area (Å²) in [6.07, 6.45) is -1.31. The van der Waals surface area contributed by atoms with E-state index in [0.29, 0.717) is 11.1 Å². The van der Waals surface area contributed by atoms with Gasteiger partial charge in [-0.3, -0.25) is 4.79 Å². The molecule has 0 aliphatic carbocycles. The van der Waals surface area contributed by atoms with Crippen molar-refractivity contribution in [3.8, 4) is 0 Å². The maximum atomic E-state index is 12.7. The quantitative estimate of drug-likeness (QED) is 0.116. The van der Waals surface area contributed by atoms with Crippen LogP contribution < -0.4 is 0 Å². The van der Waals surface area contributed by atoms with E-state index in [1.54, 1.807) is 37.3 Å². The van der Waals surface area contributed by atoms with E-state index in [0.717, 1.165) is 4.90 Å². The number of likely N-dealkylation sites (tertiary alicyclic amines) is 1. The van der Waals surface area contributed by atoms with Gasteiger partial charge in [0.1, 0.15) is 18.9 Å². The lowest BCUT2D eigenvalue weighted by molar-refractivity contribution is -0.642. The van der Waals surface area contributed by atoms with Crippen LogP contribution in [-0.4, -0.2) is 61.2 Å². The van der Waals surface area contributed by atoms with Crippen LogP contribution in [-0.2, 0) is 25.7 Å². The lowest BCUT2D eigenvalue weighted by Gasteiger charge is -2.39. The molecule has 14 heteroatoms. The average Bonchev–Trinajstić information content (AvgIpc) is 2.74. The van der Waals surface area contributed by atoms with E-state index in [-0.39, 0.29) is 29.2 Å². The van der Waals surface area contributed by atoms with Crippen molar-refractivity contribution >= 4 is 68.7 Å². The van der Waals surface area contributed by atoms with Crippen LogP contribution >= 0.6 is 50.7 Å². The highest BCUT2D eigenvalue weighted by Crippen LogP contribution is 2.29. The molecular formula is C18H17BrCl3N3O7. The molecule has 1 fully saturated rings. The number of alkyl halides is 4. The van der Waals surface area contributed by atoms with Gasteiger partial charge in [-0.25, -0.2) is 19.7 Å². The SMILES string of the molecule is CC(CBr)=C(C(=O)OCC(Cl)(Cl)Cl)N1CC(N(C(=O)OCc2ccccc2)[N+](=O)[O-])C1=O. The van der Waals surface area contributed by atoms with Crippen molar-refractivity contribution < 1.29 is 28.9 Å². The predicted octanol–water partition coefficient (Wildman–Crippen LogP) is 3.61. The molecule has 174 valence electrons. The Balaban J connectivity index is 2.12. The Hall–Kier alpha value is -2.08. The van der Waals surface area contributed by atoms with Gasteiger partial charge in [0, 0.05) is 5.33 Å². The van der Waals surface area contributed by atoms with E-state index >= 15 is 0 Å². The van der Waals surface area contributed by atoms with Gasteiger partial charge in [0.25, 0.3) is 5.91 Å². The summed E-state index contributed by atoms with van der Waals surface area (Å²) >= 11 is 19.9. The van der Waals surface area contributed by atoms with Crippen molar-refractivity contribution in [3.63, 3.8) is 0 Å². The Labute approximate surface area is 206 Å². The van der Waals surface area contributed by atoms with Crippen LogP contribution in [0.2, 0.25) is 0 Å². The van der Waals surface area contributed by atoms with Crippen LogP contribution in [0.4, 0.5) is 4.79 Å².